The summed E-state index contributed by atoms with van der Waals surface area (Å²) >= 11 is 0. The first-order valence-corrected chi connectivity index (χ1v) is 8.74. The van der Waals surface area contributed by atoms with Gasteiger partial charge in [0, 0.05) is 24.7 Å². The molecule has 1 saturated heterocycles. The summed E-state index contributed by atoms with van der Waals surface area (Å²) < 4.78 is 13.7. The summed E-state index contributed by atoms with van der Waals surface area (Å²) in [6.07, 6.45) is 3.82. The average molecular weight is 448 g/mol. The van der Waals surface area contributed by atoms with Crippen LogP contribution in [0.2, 0.25) is 0 Å². The van der Waals surface area contributed by atoms with Crippen LogP contribution in [-0.4, -0.2) is 43.1 Å². The van der Waals surface area contributed by atoms with Crippen LogP contribution in [0.25, 0.3) is 0 Å². The zero-order valence-corrected chi connectivity index (χ0v) is 17.1. The van der Waals surface area contributed by atoms with Crippen LogP contribution in [0.5, 0.6) is 0 Å². The van der Waals surface area contributed by atoms with Crippen LogP contribution in [0, 0.1) is 5.82 Å². The van der Waals surface area contributed by atoms with Crippen molar-refractivity contribution in [3.63, 3.8) is 0 Å². The van der Waals surface area contributed by atoms with Crippen molar-refractivity contribution >= 4 is 29.9 Å². The zero-order chi connectivity index (χ0) is 16.5. The van der Waals surface area contributed by atoms with Crippen molar-refractivity contribution in [2.75, 3.05) is 26.2 Å². The van der Waals surface area contributed by atoms with Gasteiger partial charge in [-0.3, -0.25) is 4.90 Å². The fourth-order valence-electron chi connectivity index (χ4n) is 3.05. The molecule has 0 bridgehead atoms. The molecular formula is C18H30FIN4. The Labute approximate surface area is 162 Å². The van der Waals surface area contributed by atoms with Gasteiger partial charge >= 0.3 is 0 Å². The third-order valence-corrected chi connectivity index (χ3v) is 4.37. The summed E-state index contributed by atoms with van der Waals surface area (Å²) in [5.74, 6) is 0.564. The number of rotatable bonds is 6. The molecule has 24 heavy (non-hydrogen) atoms. The van der Waals surface area contributed by atoms with E-state index in [9.17, 15) is 4.39 Å². The van der Waals surface area contributed by atoms with Crippen molar-refractivity contribution in [3.8, 4) is 0 Å². The van der Waals surface area contributed by atoms with Crippen LogP contribution in [0.15, 0.2) is 29.3 Å². The molecule has 1 heterocycles. The summed E-state index contributed by atoms with van der Waals surface area (Å²) in [6.45, 7) is 8.57. The molecule has 1 unspecified atom stereocenters. The number of nitrogens with one attached hydrogen (secondary N) is 2. The maximum absolute atomic E-state index is 13.7. The minimum absolute atomic E-state index is 0. The summed E-state index contributed by atoms with van der Waals surface area (Å²) in [7, 11) is 0. The summed E-state index contributed by atoms with van der Waals surface area (Å²) in [6, 6.07) is 7.37. The summed E-state index contributed by atoms with van der Waals surface area (Å²) in [5, 5.41) is 6.66. The van der Waals surface area contributed by atoms with Gasteiger partial charge < -0.3 is 10.6 Å². The predicted octanol–water partition coefficient (Wildman–Crippen LogP) is 3.37. The topological polar surface area (TPSA) is 39.7 Å². The fourth-order valence-corrected chi connectivity index (χ4v) is 3.05. The van der Waals surface area contributed by atoms with Crippen molar-refractivity contribution in [2.45, 2.75) is 45.7 Å². The number of halogens is 2. The van der Waals surface area contributed by atoms with Crippen LogP contribution in [0.4, 0.5) is 4.39 Å². The number of hydrogen-bond donors (Lipinski definition) is 2. The normalized spacial score (nSPS) is 18.8. The van der Waals surface area contributed by atoms with Crippen LogP contribution in [-0.2, 0) is 6.54 Å². The second kappa shape index (κ2) is 11.6. The number of aliphatic imine (C=N–C) groups is 1. The highest BCUT2D eigenvalue weighted by atomic mass is 127. The average Bonchev–Trinajstić information content (AvgIpc) is 2.59. The van der Waals surface area contributed by atoms with E-state index in [2.05, 4.69) is 27.4 Å². The number of benzene rings is 1. The Morgan fingerprint density at radius 3 is 2.75 bits per heavy atom. The molecule has 0 saturated carbocycles. The monoisotopic (exact) mass is 448 g/mol. The van der Waals surface area contributed by atoms with Gasteiger partial charge in [0.2, 0.25) is 0 Å². The van der Waals surface area contributed by atoms with E-state index in [1.165, 1.54) is 31.9 Å². The third kappa shape index (κ3) is 6.55. The number of piperidine rings is 1. The van der Waals surface area contributed by atoms with Gasteiger partial charge in [0.05, 0.1) is 6.54 Å². The Hall–Kier alpha value is -0.890. The van der Waals surface area contributed by atoms with Crippen molar-refractivity contribution in [1.29, 1.82) is 0 Å². The smallest absolute Gasteiger partial charge is 0.191 e. The number of likely N-dealkylation sites (tertiary alicyclic amines) is 1. The van der Waals surface area contributed by atoms with Crippen molar-refractivity contribution in [3.05, 3.63) is 35.6 Å². The second-order valence-corrected chi connectivity index (χ2v) is 5.95. The first kappa shape index (κ1) is 21.2. The largest absolute Gasteiger partial charge is 0.357 e. The van der Waals surface area contributed by atoms with E-state index < -0.39 is 0 Å². The molecule has 1 aliphatic rings. The Morgan fingerprint density at radius 1 is 1.25 bits per heavy atom. The summed E-state index contributed by atoms with van der Waals surface area (Å²) in [5.41, 5.74) is 0.623. The van der Waals surface area contributed by atoms with Gasteiger partial charge in [-0.15, -0.1) is 24.0 Å². The molecule has 1 aromatic carbocycles. The van der Waals surface area contributed by atoms with E-state index in [1.54, 1.807) is 12.1 Å². The molecule has 4 nitrogen and oxygen atoms in total. The van der Waals surface area contributed by atoms with E-state index in [-0.39, 0.29) is 29.8 Å². The SMILES string of the molecule is CCNC(=NCc1ccccc1F)NCC1CCCCN1CC.I. The molecule has 0 aliphatic carbocycles. The molecule has 0 radical (unpaired) electrons. The lowest BCUT2D eigenvalue weighted by atomic mass is 10.0. The minimum Gasteiger partial charge on any atom is -0.357 e. The van der Waals surface area contributed by atoms with Crippen LogP contribution in [0.3, 0.4) is 0 Å². The first-order chi connectivity index (χ1) is 11.2. The molecule has 1 aromatic rings. The number of hydrogen-bond acceptors (Lipinski definition) is 2. The highest BCUT2D eigenvalue weighted by molar-refractivity contribution is 14.0. The van der Waals surface area contributed by atoms with E-state index in [0.29, 0.717) is 18.2 Å². The molecule has 136 valence electrons. The maximum atomic E-state index is 13.7. The molecule has 0 amide bonds. The molecule has 1 fully saturated rings. The van der Waals surface area contributed by atoms with Crippen LogP contribution in [0.1, 0.15) is 38.7 Å². The molecule has 6 heteroatoms. The predicted molar refractivity (Wildman–Crippen MR) is 110 cm³/mol. The maximum Gasteiger partial charge on any atom is 0.191 e. The van der Waals surface area contributed by atoms with E-state index in [1.807, 2.05) is 13.0 Å². The van der Waals surface area contributed by atoms with Gasteiger partial charge in [-0.25, -0.2) is 9.38 Å². The highest BCUT2D eigenvalue weighted by Crippen LogP contribution is 2.15. The second-order valence-electron chi connectivity index (χ2n) is 5.95. The third-order valence-electron chi connectivity index (χ3n) is 4.37. The Balaban J connectivity index is 0.00000288. The van der Waals surface area contributed by atoms with Crippen LogP contribution >= 0.6 is 24.0 Å². The lowest BCUT2D eigenvalue weighted by Crippen LogP contribution is -2.49. The highest BCUT2D eigenvalue weighted by Gasteiger charge is 2.20. The number of nitrogens with zero attached hydrogens (tertiary/aromatic N) is 2. The molecule has 2 rings (SSSR count). The van der Waals surface area contributed by atoms with Gasteiger partial charge in [-0.1, -0.05) is 31.5 Å². The Morgan fingerprint density at radius 2 is 2.04 bits per heavy atom. The summed E-state index contributed by atoms with van der Waals surface area (Å²) in [4.78, 5) is 7.04. The molecule has 0 aromatic heterocycles. The van der Waals surface area contributed by atoms with Gasteiger partial charge in [0.15, 0.2) is 5.96 Å². The van der Waals surface area contributed by atoms with Crippen molar-refractivity contribution < 1.29 is 4.39 Å². The first-order valence-electron chi connectivity index (χ1n) is 8.74. The number of guanidine groups is 1. The van der Waals surface area contributed by atoms with E-state index in [4.69, 9.17) is 0 Å². The van der Waals surface area contributed by atoms with E-state index in [0.717, 1.165) is 25.6 Å². The zero-order valence-electron chi connectivity index (χ0n) is 14.7. The lowest BCUT2D eigenvalue weighted by Gasteiger charge is -2.35. The van der Waals surface area contributed by atoms with Gasteiger partial charge in [-0.2, -0.15) is 0 Å². The molecular weight excluding hydrogens is 418 g/mol. The van der Waals surface area contributed by atoms with Gasteiger partial charge in [0.25, 0.3) is 0 Å². The minimum atomic E-state index is -0.198. The van der Waals surface area contributed by atoms with Crippen LogP contribution < -0.4 is 10.6 Å². The van der Waals surface area contributed by atoms with E-state index >= 15 is 0 Å². The Bertz CT molecular complexity index is 510. The molecule has 2 N–H and O–H groups in total. The molecule has 1 atom stereocenters. The van der Waals surface area contributed by atoms with Crippen molar-refractivity contribution in [2.24, 2.45) is 4.99 Å². The van der Waals surface area contributed by atoms with Gasteiger partial charge in [0.1, 0.15) is 5.82 Å². The quantitative estimate of drug-likeness (QED) is 0.398. The fraction of sp³-hybridized carbons (Fsp3) is 0.611. The standard InChI is InChI=1S/C18H29FN4.HI/c1-3-20-18(21-13-15-9-5-6-11-17(15)19)22-14-16-10-7-8-12-23(16)4-2;/h5-6,9,11,16H,3-4,7-8,10,12-14H2,1-2H3,(H2,20,21,22);1H. The Kier molecular flexibility index (Phi) is 10.2. The molecule has 1 aliphatic heterocycles. The molecule has 0 spiro atoms. The lowest BCUT2D eigenvalue weighted by molar-refractivity contribution is 0.157. The van der Waals surface area contributed by atoms with Gasteiger partial charge in [-0.05, 0) is 38.9 Å². The number of likely N-dealkylation sites (N-methyl/N-ethyl adjacent to an activating group) is 1. The van der Waals surface area contributed by atoms with Crippen molar-refractivity contribution in [1.82, 2.24) is 15.5 Å².